The molecule has 3 aromatic rings. The summed E-state index contributed by atoms with van der Waals surface area (Å²) in [6.07, 6.45) is 5.00. The van der Waals surface area contributed by atoms with E-state index in [1.54, 1.807) is 24.3 Å². The first kappa shape index (κ1) is 18.9. The molecule has 0 unspecified atom stereocenters. The molecule has 0 spiro atoms. The summed E-state index contributed by atoms with van der Waals surface area (Å²) in [6, 6.07) is 16.6. The lowest BCUT2D eigenvalue weighted by Gasteiger charge is -2.06. The average Bonchev–Trinajstić information content (AvgIpc) is 2.91. The molecule has 1 aliphatic carbocycles. The summed E-state index contributed by atoms with van der Waals surface area (Å²) in [5, 5.41) is 7.33. The number of hydrogen-bond donors (Lipinski definition) is 1. The van der Waals surface area contributed by atoms with E-state index in [9.17, 15) is 9.59 Å². The summed E-state index contributed by atoms with van der Waals surface area (Å²) in [7, 11) is 0. The monoisotopic (exact) mass is 389 g/mol. The number of nitrogens with one attached hydrogen (secondary N) is 1. The van der Waals surface area contributed by atoms with Crippen molar-refractivity contribution in [2.75, 3.05) is 5.32 Å². The number of hydrogen-bond acceptors (Lipinski definition) is 4. The highest BCUT2D eigenvalue weighted by atomic mass is 16.5. The van der Waals surface area contributed by atoms with E-state index in [2.05, 4.69) is 10.4 Å². The fourth-order valence-corrected chi connectivity index (χ4v) is 3.69. The Labute approximate surface area is 169 Å². The van der Waals surface area contributed by atoms with Crippen LogP contribution in [-0.4, -0.2) is 21.7 Å². The van der Waals surface area contributed by atoms with Crippen molar-refractivity contribution in [3.8, 4) is 11.4 Å². The smallest absolute Gasteiger partial charge is 0.364 e. The molecule has 4 rings (SSSR count). The highest BCUT2D eigenvalue weighted by Gasteiger charge is 2.26. The van der Waals surface area contributed by atoms with E-state index >= 15 is 0 Å². The van der Waals surface area contributed by atoms with E-state index in [0.717, 1.165) is 49.0 Å². The third-order valence-corrected chi connectivity index (χ3v) is 5.01. The summed E-state index contributed by atoms with van der Waals surface area (Å²) in [5.41, 5.74) is 4.08. The van der Waals surface area contributed by atoms with Gasteiger partial charge >= 0.3 is 5.97 Å². The number of ether oxygens (including phenoxy) is 1. The number of para-hydroxylation sites is 1. The van der Waals surface area contributed by atoms with Gasteiger partial charge in [-0.1, -0.05) is 24.6 Å². The predicted molar refractivity (Wildman–Crippen MR) is 111 cm³/mol. The second-order valence-corrected chi connectivity index (χ2v) is 7.18. The minimum absolute atomic E-state index is 0.149. The van der Waals surface area contributed by atoms with Crippen molar-refractivity contribution in [3.05, 3.63) is 71.5 Å². The number of anilines is 1. The summed E-state index contributed by atoms with van der Waals surface area (Å²) in [5.74, 6) is -0.185. The number of benzene rings is 2. The lowest BCUT2D eigenvalue weighted by atomic mass is 10.1. The molecule has 29 heavy (non-hydrogen) atoms. The number of rotatable bonds is 4. The Hall–Kier alpha value is -3.41. The third-order valence-electron chi connectivity index (χ3n) is 5.01. The van der Waals surface area contributed by atoms with Crippen LogP contribution < -0.4 is 10.1 Å². The first-order valence-electron chi connectivity index (χ1n) is 9.88. The van der Waals surface area contributed by atoms with Gasteiger partial charge in [0.15, 0.2) is 5.69 Å². The van der Waals surface area contributed by atoms with Gasteiger partial charge in [0.2, 0.25) is 5.91 Å². The molecule has 6 nitrogen and oxygen atoms in total. The van der Waals surface area contributed by atoms with Crippen LogP contribution in [0.15, 0.2) is 54.6 Å². The van der Waals surface area contributed by atoms with E-state index in [1.165, 1.54) is 6.92 Å². The molecule has 0 aliphatic heterocycles. The number of aromatic nitrogens is 2. The van der Waals surface area contributed by atoms with Crippen LogP contribution in [0, 0.1) is 0 Å². The van der Waals surface area contributed by atoms with Crippen molar-refractivity contribution in [2.24, 2.45) is 0 Å². The van der Waals surface area contributed by atoms with Crippen molar-refractivity contribution in [1.29, 1.82) is 0 Å². The van der Waals surface area contributed by atoms with E-state index in [1.807, 2.05) is 35.0 Å². The maximum Gasteiger partial charge on any atom is 0.364 e. The second kappa shape index (κ2) is 8.31. The lowest BCUT2D eigenvalue weighted by molar-refractivity contribution is -0.114. The standard InChI is InChI=1S/C23H23N3O3/c1-16(27)24-17-12-14-19(15-13-17)29-23(28)22-20-10-6-3-7-11-21(20)26(25-22)18-8-4-2-5-9-18/h2,4-5,8-9,12-15H,3,6-7,10-11H2,1H3,(H,24,27). The van der Waals surface area contributed by atoms with Gasteiger partial charge in [-0.25, -0.2) is 9.48 Å². The minimum Gasteiger partial charge on any atom is -0.422 e. The molecule has 0 saturated heterocycles. The van der Waals surface area contributed by atoms with Crippen LogP contribution in [0.25, 0.3) is 5.69 Å². The van der Waals surface area contributed by atoms with Gasteiger partial charge in [-0.2, -0.15) is 5.10 Å². The molecule has 6 heteroatoms. The Kier molecular flexibility index (Phi) is 5.42. The van der Waals surface area contributed by atoms with Crippen LogP contribution in [-0.2, 0) is 17.6 Å². The highest BCUT2D eigenvalue weighted by molar-refractivity contribution is 5.91. The van der Waals surface area contributed by atoms with Crippen LogP contribution in [0.1, 0.15) is 47.9 Å². The van der Waals surface area contributed by atoms with Crippen LogP contribution >= 0.6 is 0 Å². The Morgan fingerprint density at radius 2 is 1.69 bits per heavy atom. The normalized spacial score (nSPS) is 13.3. The number of esters is 1. The zero-order chi connectivity index (χ0) is 20.2. The van der Waals surface area contributed by atoms with Gasteiger partial charge in [-0.15, -0.1) is 0 Å². The first-order chi connectivity index (χ1) is 14.1. The number of carbonyl (C=O) groups is 2. The summed E-state index contributed by atoms with van der Waals surface area (Å²) >= 11 is 0. The molecule has 0 fully saturated rings. The Bertz CT molecular complexity index is 1020. The molecule has 0 saturated carbocycles. The Morgan fingerprint density at radius 1 is 0.966 bits per heavy atom. The molecular formula is C23H23N3O3. The molecule has 1 aromatic heterocycles. The van der Waals surface area contributed by atoms with Crippen LogP contribution in [0.4, 0.5) is 5.69 Å². The van der Waals surface area contributed by atoms with Gasteiger partial charge in [-0.05, 0) is 62.1 Å². The van der Waals surface area contributed by atoms with Gasteiger partial charge in [0.05, 0.1) is 5.69 Å². The van der Waals surface area contributed by atoms with E-state index < -0.39 is 5.97 Å². The molecular weight excluding hydrogens is 366 g/mol. The number of fused-ring (bicyclic) bond motifs is 1. The second-order valence-electron chi connectivity index (χ2n) is 7.18. The zero-order valence-corrected chi connectivity index (χ0v) is 16.4. The van der Waals surface area contributed by atoms with E-state index in [-0.39, 0.29) is 5.91 Å². The van der Waals surface area contributed by atoms with Crippen molar-refractivity contribution >= 4 is 17.6 Å². The maximum absolute atomic E-state index is 12.9. The molecule has 1 aliphatic rings. The van der Waals surface area contributed by atoms with Crippen molar-refractivity contribution in [2.45, 2.75) is 39.0 Å². The molecule has 0 bridgehead atoms. The van der Waals surface area contributed by atoms with Gasteiger partial charge in [0, 0.05) is 23.9 Å². The van der Waals surface area contributed by atoms with Gasteiger partial charge in [0.25, 0.3) is 0 Å². The molecule has 1 N–H and O–H groups in total. The highest BCUT2D eigenvalue weighted by Crippen LogP contribution is 2.27. The third kappa shape index (κ3) is 4.21. The van der Waals surface area contributed by atoms with Gasteiger partial charge in [0.1, 0.15) is 5.75 Å². The van der Waals surface area contributed by atoms with Crippen molar-refractivity contribution < 1.29 is 14.3 Å². The molecule has 148 valence electrons. The number of carbonyl (C=O) groups excluding carboxylic acids is 2. The molecule has 1 heterocycles. The number of nitrogens with zero attached hydrogens (tertiary/aromatic N) is 2. The quantitative estimate of drug-likeness (QED) is 0.410. The topological polar surface area (TPSA) is 73.2 Å². The van der Waals surface area contributed by atoms with E-state index in [4.69, 9.17) is 4.74 Å². The maximum atomic E-state index is 12.9. The fraction of sp³-hybridized carbons (Fsp3) is 0.261. The van der Waals surface area contributed by atoms with E-state index in [0.29, 0.717) is 17.1 Å². The SMILES string of the molecule is CC(=O)Nc1ccc(OC(=O)c2nn(-c3ccccc3)c3c2CCCCC3)cc1. The summed E-state index contributed by atoms with van der Waals surface area (Å²) < 4.78 is 7.48. The first-order valence-corrected chi connectivity index (χ1v) is 9.88. The predicted octanol–water partition coefficient (Wildman–Crippen LogP) is 4.32. The summed E-state index contributed by atoms with van der Waals surface area (Å²) in [6.45, 7) is 1.45. The van der Waals surface area contributed by atoms with Crippen LogP contribution in [0.3, 0.4) is 0 Å². The van der Waals surface area contributed by atoms with Gasteiger partial charge < -0.3 is 10.1 Å². The lowest BCUT2D eigenvalue weighted by Crippen LogP contribution is -2.12. The number of amides is 1. The van der Waals surface area contributed by atoms with Crippen molar-refractivity contribution in [3.63, 3.8) is 0 Å². The Morgan fingerprint density at radius 3 is 2.41 bits per heavy atom. The van der Waals surface area contributed by atoms with Crippen LogP contribution in [0.2, 0.25) is 0 Å². The average molecular weight is 389 g/mol. The zero-order valence-electron chi connectivity index (χ0n) is 16.4. The molecule has 0 radical (unpaired) electrons. The molecule has 0 atom stereocenters. The molecule has 2 aromatic carbocycles. The fourth-order valence-electron chi connectivity index (χ4n) is 3.69. The minimum atomic E-state index is -0.454. The Balaban J connectivity index is 1.63. The van der Waals surface area contributed by atoms with Gasteiger partial charge in [-0.3, -0.25) is 4.79 Å². The molecule has 1 amide bonds. The van der Waals surface area contributed by atoms with Crippen molar-refractivity contribution in [1.82, 2.24) is 9.78 Å². The summed E-state index contributed by atoms with van der Waals surface area (Å²) in [4.78, 5) is 24.1. The largest absolute Gasteiger partial charge is 0.422 e. The van der Waals surface area contributed by atoms with Crippen LogP contribution in [0.5, 0.6) is 5.75 Å².